The van der Waals surface area contributed by atoms with Gasteiger partial charge in [-0.25, -0.2) is 0 Å². The topological polar surface area (TPSA) is 59.4 Å². The van der Waals surface area contributed by atoms with E-state index >= 15 is 0 Å². The van der Waals surface area contributed by atoms with Crippen molar-refractivity contribution in [3.05, 3.63) is 47.3 Å². The molecular formula is C17H23ClN4O2. The average Bonchev–Trinajstić information content (AvgIpc) is 2.93. The number of piperazine rings is 1. The molecule has 3 rings (SSSR count). The lowest BCUT2D eigenvalue weighted by Crippen LogP contribution is -2.48. The quantitative estimate of drug-likeness (QED) is 0.919. The van der Waals surface area contributed by atoms with Crippen LogP contribution in [0.1, 0.15) is 27.8 Å². The molecule has 1 aliphatic rings. The minimum absolute atomic E-state index is 0. The summed E-state index contributed by atoms with van der Waals surface area (Å²) in [7, 11) is 3.50. The van der Waals surface area contributed by atoms with E-state index in [-0.39, 0.29) is 24.4 Å². The molecule has 1 atom stereocenters. The van der Waals surface area contributed by atoms with Crippen molar-refractivity contribution in [2.45, 2.75) is 13.0 Å². The molecular weight excluding hydrogens is 328 g/mol. The molecule has 1 amide bonds. The summed E-state index contributed by atoms with van der Waals surface area (Å²) in [6.45, 7) is 4.08. The molecule has 1 saturated heterocycles. The first-order valence-corrected chi connectivity index (χ1v) is 7.77. The molecule has 1 fully saturated rings. The fourth-order valence-electron chi connectivity index (χ4n) is 2.98. The second kappa shape index (κ2) is 7.68. The first-order valence-electron chi connectivity index (χ1n) is 7.77. The van der Waals surface area contributed by atoms with Gasteiger partial charge >= 0.3 is 0 Å². The fourth-order valence-corrected chi connectivity index (χ4v) is 2.98. The van der Waals surface area contributed by atoms with Gasteiger partial charge in [0.15, 0.2) is 5.69 Å². The van der Waals surface area contributed by atoms with Crippen LogP contribution in [-0.4, -0.2) is 47.3 Å². The molecule has 1 aliphatic heterocycles. The summed E-state index contributed by atoms with van der Waals surface area (Å²) in [6, 6.07) is 9.63. The van der Waals surface area contributed by atoms with E-state index in [1.807, 2.05) is 49.2 Å². The molecule has 1 aromatic carbocycles. The minimum atomic E-state index is -0.0605. The Balaban J connectivity index is 0.00000208. The average molecular weight is 351 g/mol. The number of aryl methyl sites for hydroxylation is 2. The van der Waals surface area contributed by atoms with Crippen molar-refractivity contribution in [1.82, 2.24) is 20.0 Å². The van der Waals surface area contributed by atoms with E-state index in [0.29, 0.717) is 18.8 Å². The number of aromatic nitrogens is 2. The second-order valence-corrected chi connectivity index (χ2v) is 5.75. The zero-order valence-corrected chi connectivity index (χ0v) is 15.0. The predicted molar refractivity (Wildman–Crippen MR) is 94.8 cm³/mol. The summed E-state index contributed by atoms with van der Waals surface area (Å²) in [6.07, 6.45) is 0. The van der Waals surface area contributed by atoms with Gasteiger partial charge in [-0.2, -0.15) is 5.10 Å². The van der Waals surface area contributed by atoms with Gasteiger partial charge in [0.2, 0.25) is 0 Å². The SMILES string of the molecule is COc1ccccc1C1CNCCN1C(=O)c1cc(C)n(C)n1.Cl. The maximum absolute atomic E-state index is 12.9. The van der Waals surface area contributed by atoms with E-state index in [1.165, 1.54) is 0 Å². The number of hydrogen-bond acceptors (Lipinski definition) is 4. The number of para-hydroxylation sites is 1. The summed E-state index contributed by atoms with van der Waals surface area (Å²) in [5.74, 6) is 0.766. The molecule has 6 nitrogen and oxygen atoms in total. The summed E-state index contributed by atoms with van der Waals surface area (Å²) < 4.78 is 7.20. The number of halogens is 1. The van der Waals surface area contributed by atoms with Gasteiger partial charge in [-0.3, -0.25) is 9.48 Å². The normalized spacial score (nSPS) is 17.3. The highest BCUT2D eigenvalue weighted by molar-refractivity contribution is 5.93. The van der Waals surface area contributed by atoms with Crippen LogP contribution < -0.4 is 10.1 Å². The van der Waals surface area contributed by atoms with Gasteiger partial charge in [-0.05, 0) is 19.1 Å². The first kappa shape index (κ1) is 18.3. The first-order chi connectivity index (χ1) is 11.1. The summed E-state index contributed by atoms with van der Waals surface area (Å²) >= 11 is 0. The number of amides is 1. The zero-order chi connectivity index (χ0) is 16.4. The van der Waals surface area contributed by atoms with E-state index in [1.54, 1.807) is 11.8 Å². The predicted octanol–water partition coefficient (Wildman–Crippen LogP) is 1.95. The molecule has 0 aliphatic carbocycles. The minimum Gasteiger partial charge on any atom is -0.496 e. The van der Waals surface area contributed by atoms with Crippen LogP contribution in [0.5, 0.6) is 5.75 Å². The molecule has 2 heterocycles. The molecule has 130 valence electrons. The molecule has 0 spiro atoms. The third-order valence-corrected chi connectivity index (χ3v) is 4.34. The highest BCUT2D eigenvalue weighted by atomic mass is 35.5. The van der Waals surface area contributed by atoms with Gasteiger partial charge in [-0.15, -0.1) is 12.4 Å². The number of nitrogens with zero attached hydrogens (tertiary/aromatic N) is 3. The van der Waals surface area contributed by atoms with Gasteiger partial charge in [-0.1, -0.05) is 18.2 Å². The van der Waals surface area contributed by atoms with Crippen LogP contribution in [0, 0.1) is 6.92 Å². The van der Waals surface area contributed by atoms with E-state index in [4.69, 9.17) is 4.74 Å². The highest BCUT2D eigenvalue weighted by Gasteiger charge is 2.31. The molecule has 0 radical (unpaired) electrons. The number of carbonyl (C=O) groups excluding carboxylic acids is 1. The van der Waals surface area contributed by atoms with Crippen LogP contribution in [0.4, 0.5) is 0 Å². The Morgan fingerprint density at radius 2 is 2.12 bits per heavy atom. The Morgan fingerprint density at radius 3 is 2.79 bits per heavy atom. The summed E-state index contributed by atoms with van der Waals surface area (Å²) in [4.78, 5) is 14.8. The molecule has 1 aromatic heterocycles. The molecule has 1 unspecified atom stereocenters. The molecule has 0 saturated carbocycles. The lowest BCUT2D eigenvalue weighted by atomic mass is 10.0. The lowest BCUT2D eigenvalue weighted by Gasteiger charge is -2.36. The molecule has 2 aromatic rings. The number of carbonyl (C=O) groups is 1. The van der Waals surface area contributed by atoms with Gasteiger partial charge in [0.05, 0.1) is 13.2 Å². The third kappa shape index (κ3) is 3.39. The second-order valence-electron chi connectivity index (χ2n) is 5.75. The Kier molecular flexibility index (Phi) is 5.85. The van der Waals surface area contributed by atoms with Crippen LogP contribution in [0.2, 0.25) is 0 Å². The van der Waals surface area contributed by atoms with E-state index in [0.717, 1.165) is 23.6 Å². The van der Waals surface area contributed by atoms with Crippen LogP contribution in [0.3, 0.4) is 0 Å². The monoisotopic (exact) mass is 350 g/mol. The van der Waals surface area contributed by atoms with Crippen LogP contribution in [0.25, 0.3) is 0 Å². The fraction of sp³-hybridized carbons (Fsp3) is 0.412. The number of hydrogen-bond donors (Lipinski definition) is 1. The number of benzene rings is 1. The van der Waals surface area contributed by atoms with Gasteiger partial charge < -0.3 is 15.0 Å². The van der Waals surface area contributed by atoms with Crippen LogP contribution in [0.15, 0.2) is 30.3 Å². The Labute approximate surface area is 148 Å². The van der Waals surface area contributed by atoms with Crippen molar-refractivity contribution in [2.75, 3.05) is 26.7 Å². The maximum atomic E-state index is 12.9. The highest BCUT2D eigenvalue weighted by Crippen LogP contribution is 2.31. The van der Waals surface area contributed by atoms with E-state index < -0.39 is 0 Å². The third-order valence-electron chi connectivity index (χ3n) is 4.34. The van der Waals surface area contributed by atoms with E-state index in [2.05, 4.69) is 10.4 Å². The number of nitrogens with one attached hydrogen (secondary N) is 1. The van der Waals surface area contributed by atoms with Crippen molar-refractivity contribution < 1.29 is 9.53 Å². The molecule has 24 heavy (non-hydrogen) atoms. The molecule has 1 N–H and O–H groups in total. The molecule has 0 bridgehead atoms. The van der Waals surface area contributed by atoms with Crippen molar-refractivity contribution >= 4 is 18.3 Å². The number of methoxy groups -OCH3 is 1. The van der Waals surface area contributed by atoms with Crippen LogP contribution >= 0.6 is 12.4 Å². The van der Waals surface area contributed by atoms with Gasteiger partial charge in [0, 0.05) is 37.9 Å². The standard InChI is InChI=1S/C17H22N4O2.ClH/c1-12-10-14(19-20(12)2)17(22)21-9-8-18-11-15(21)13-6-4-5-7-16(13)23-3;/h4-7,10,15,18H,8-9,11H2,1-3H3;1H. The Morgan fingerprint density at radius 1 is 1.38 bits per heavy atom. The maximum Gasteiger partial charge on any atom is 0.274 e. The van der Waals surface area contributed by atoms with Crippen molar-refractivity contribution in [1.29, 1.82) is 0 Å². The van der Waals surface area contributed by atoms with Gasteiger partial charge in [0.25, 0.3) is 5.91 Å². The summed E-state index contributed by atoms with van der Waals surface area (Å²) in [5, 5.41) is 7.69. The molecule has 7 heteroatoms. The smallest absolute Gasteiger partial charge is 0.274 e. The Bertz CT molecular complexity index is 697. The summed E-state index contributed by atoms with van der Waals surface area (Å²) in [5.41, 5.74) is 2.48. The van der Waals surface area contributed by atoms with Gasteiger partial charge in [0.1, 0.15) is 5.75 Å². The Hall–Kier alpha value is -2.05. The van der Waals surface area contributed by atoms with Crippen molar-refractivity contribution in [3.8, 4) is 5.75 Å². The van der Waals surface area contributed by atoms with Crippen molar-refractivity contribution in [2.24, 2.45) is 7.05 Å². The number of rotatable bonds is 3. The van der Waals surface area contributed by atoms with Crippen LogP contribution in [-0.2, 0) is 7.05 Å². The lowest BCUT2D eigenvalue weighted by molar-refractivity contribution is 0.0624. The largest absolute Gasteiger partial charge is 0.496 e. The van der Waals surface area contributed by atoms with Crippen molar-refractivity contribution in [3.63, 3.8) is 0 Å². The van der Waals surface area contributed by atoms with E-state index in [9.17, 15) is 4.79 Å². The number of ether oxygens (including phenoxy) is 1. The zero-order valence-electron chi connectivity index (χ0n) is 14.2.